The summed E-state index contributed by atoms with van der Waals surface area (Å²) < 4.78 is 4.77. The molecule has 18 heavy (non-hydrogen) atoms. The average Bonchev–Trinajstić information content (AvgIpc) is 2.84. The molecular weight excluding hydrogens is 398 g/mol. The van der Waals surface area contributed by atoms with Crippen molar-refractivity contribution >= 4 is 66.6 Å². The van der Waals surface area contributed by atoms with E-state index in [1.807, 2.05) is 16.7 Å². The van der Waals surface area contributed by atoms with E-state index in [0.29, 0.717) is 4.77 Å². The summed E-state index contributed by atoms with van der Waals surface area (Å²) in [6.07, 6.45) is 1.78. The van der Waals surface area contributed by atoms with Crippen molar-refractivity contribution in [1.82, 2.24) is 14.5 Å². The number of rotatable bonds is 2. The molecule has 3 heterocycles. The van der Waals surface area contributed by atoms with Crippen molar-refractivity contribution < 1.29 is 0 Å². The third kappa shape index (κ3) is 2.32. The van der Waals surface area contributed by atoms with Gasteiger partial charge in [0, 0.05) is 15.5 Å². The number of H-pyrrole nitrogens is 1. The van der Waals surface area contributed by atoms with Crippen molar-refractivity contribution in [3.8, 4) is 0 Å². The van der Waals surface area contributed by atoms with Crippen molar-refractivity contribution in [1.29, 1.82) is 0 Å². The van der Waals surface area contributed by atoms with Gasteiger partial charge in [0.2, 0.25) is 0 Å². The van der Waals surface area contributed by atoms with E-state index in [0.717, 1.165) is 26.0 Å². The van der Waals surface area contributed by atoms with Gasteiger partial charge in [-0.05, 0) is 62.3 Å². The van der Waals surface area contributed by atoms with E-state index in [2.05, 4.69) is 47.9 Å². The summed E-state index contributed by atoms with van der Waals surface area (Å²) in [6.45, 7) is 0.740. The predicted octanol–water partition coefficient (Wildman–Crippen LogP) is 4.73. The van der Waals surface area contributed by atoms with Gasteiger partial charge in [0.1, 0.15) is 0 Å². The molecule has 0 saturated heterocycles. The minimum absolute atomic E-state index is 0.695. The highest BCUT2D eigenvalue weighted by Crippen LogP contribution is 2.24. The molecule has 0 amide bonds. The molecule has 0 unspecified atom stereocenters. The number of hydrogen-bond donors (Lipinski definition) is 1. The Morgan fingerprint density at radius 2 is 2.22 bits per heavy atom. The zero-order valence-electron chi connectivity index (χ0n) is 8.98. The van der Waals surface area contributed by atoms with Crippen LogP contribution in [0.25, 0.3) is 11.2 Å². The van der Waals surface area contributed by atoms with Gasteiger partial charge >= 0.3 is 0 Å². The van der Waals surface area contributed by atoms with Crippen LogP contribution in [-0.4, -0.2) is 14.5 Å². The van der Waals surface area contributed by atoms with Crippen molar-refractivity contribution in [3.05, 3.63) is 42.3 Å². The molecule has 3 rings (SSSR count). The summed E-state index contributed by atoms with van der Waals surface area (Å²) in [7, 11) is 0. The molecule has 92 valence electrons. The van der Waals surface area contributed by atoms with Crippen LogP contribution in [0.4, 0.5) is 0 Å². The van der Waals surface area contributed by atoms with Gasteiger partial charge in [-0.25, -0.2) is 4.98 Å². The Morgan fingerprint density at radius 1 is 1.39 bits per heavy atom. The molecule has 0 aliphatic carbocycles. The zero-order chi connectivity index (χ0) is 12.7. The smallest absolute Gasteiger partial charge is 0.179 e. The summed E-state index contributed by atoms with van der Waals surface area (Å²) >= 11 is 13.9. The number of aromatic nitrogens is 3. The molecular formula is C11H7Br2N3S2. The Balaban J connectivity index is 2.11. The second-order valence-corrected chi connectivity index (χ2v) is 7.60. The number of pyridine rings is 1. The Hall–Kier alpha value is -0.500. The van der Waals surface area contributed by atoms with Crippen molar-refractivity contribution in [2.75, 3.05) is 0 Å². The van der Waals surface area contributed by atoms with Gasteiger partial charge in [-0.1, -0.05) is 0 Å². The molecule has 0 aliphatic heterocycles. The minimum atomic E-state index is 0.695. The summed E-state index contributed by atoms with van der Waals surface area (Å²) in [5, 5.41) is 0. The lowest BCUT2D eigenvalue weighted by Gasteiger charge is -2.01. The molecule has 3 aromatic rings. The van der Waals surface area contributed by atoms with Crippen LogP contribution in [0.15, 0.2) is 32.7 Å². The zero-order valence-corrected chi connectivity index (χ0v) is 13.8. The number of fused-ring (bicyclic) bond motifs is 1. The second-order valence-electron chi connectivity index (χ2n) is 3.75. The molecule has 7 heteroatoms. The fraction of sp³-hybridized carbons (Fsp3) is 0.0909. The molecule has 0 bridgehead atoms. The summed E-state index contributed by atoms with van der Waals surface area (Å²) in [4.78, 5) is 8.83. The van der Waals surface area contributed by atoms with Gasteiger partial charge in [0.25, 0.3) is 0 Å². The van der Waals surface area contributed by atoms with Crippen LogP contribution in [0.5, 0.6) is 0 Å². The van der Waals surface area contributed by atoms with Gasteiger partial charge in [-0.3, -0.25) is 4.57 Å². The summed E-state index contributed by atoms with van der Waals surface area (Å²) in [5.41, 5.74) is 1.83. The maximum absolute atomic E-state index is 5.35. The first kappa shape index (κ1) is 12.5. The van der Waals surface area contributed by atoms with E-state index >= 15 is 0 Å². The van der Waals surface area contributed by atoms with Gasteiger partial charge in [-0.15, -0.1) is 11.3 Å². The SMILES string of the molecule is S=c1[nH]c2cc(Br)cnc2n1Cc1ccc(Br)s1. The molecule has 0 aromatic carbocycles. The third-order valence-electron chi connectivity index (χ3n) is 2.52. The number of hydrogen-bond acceptors (Lipinski definition) is 3. The Labute approximate surface area is 129 Å². The maximum atomic E-state index is 5.35. The van der Waals surface area contributed by atoms with Gasteiger partial charge in [0.05, 0.1) is 15.8 Å². The first-order chi connectivity index (χ1) is 8.63. The number of halogens is 2. The van der Waals surface area contributed by atoms with Crippen LogP contribution in [-0.2, 0) is 6.54 Å². The predicted molar refractivity (Wildman–Crippen MR) is 83.7 cm³/mol. The Morgan fingerprint density at radius 3 is 2.94 bits per heavy atom. The quantitative estimate of drug-likeness (QED) is 0.626. The van der Waals surface area contributed by atoms with E-state index in [9.17, 15) is 0 Å². The van der Waals surface area contributed by atoms with E-state index in [-0.39, 0.29) is 0 Å². The fourth-order valence-electron chi connectivity index (χ4n) is 1.76. The topological polar surface area (TPSA) is 33.6 Å². The molecule has 3 nitrogen and oxygen atoms in total. The van der Waals surface area contributed by atoms with Crippen molar-refractivity contribution in [2.45, 2.75) is 6.54 Å². The highest BCUT2D eigenvalue weighted by atomic mass is 79.9. The van der Waals surface area contributed by atoms with Gasteiger partial charge in [-0.2, -0.15) is 0 Å². The molecule has 0 saturated carbocycles. The largest absolute Gasteiger partial charge is 0.329 e. The highest BCUT2D eigenvalue weighted by molar-refractivity contribution is 9.11. The lowest BCUT2D eigenvalue weighted by molar-refractivity contribution is 0.813. The normalized spacial score (nSPS) is 11.2. The monoisotopic (exact) mass is 403 g/mol. The minimum Gasteiger partial charge on any atom is -0.329 e. The van der Waals surface area contributed by atoms with Crippen LogP contribution in [0.3, 0.4) is 0 Å². The van der Waals surface area contributed by atoms with Gasteiger partial charge < -0.3 is 4.98 Å². The molecule has 3 aromatic heterocycles. The second kappa shape index (κ2) is 4.88. The van der Waals surface area contributed by atoms with Crippen molar-refractivity contribution in [3.63, 3.8) is 0 Å². The Kier molecular flexibility index (Phi) is 3.40. The third-order valence-corrected chi connectivity index (χ3v) is 4.88. The lowest BCUT2D eigenvalue weighted by Crippen LogP contribution is -1.98. The number of nitrogens with one attached hydrogen (secondary N) is 1. The molecule has 0 radical (unpaired) electrons. The van der Waals surface area contributed by atoms with Crippen LogP contribution < -0.4 is 0 Å². The lowest BCUT2D eigenvalue weighted by atomic mass is 10.4. The number of aromatic amines is 1. The number of thiophene rings is 1. The average molecular weight is 405 g/mol. The van der Waals surface area contributed by atoms with E-state index in [4.69, 9.17) is 12.2 Å². The molecule has 0 fully saturated rings. The number of imidazole rings is 1. The van der Waals surface area contributed by atoms with Crippen LogP contribution >= 0.6 is 55.4 Å². The molecule has 0 aliphatic rings. The maximum Gasteiger partial charge on any atom is 0.179 e. The molecule has 0 spiro atoms. The molecule has 1 N–H and O–H groups in total. The van der Waals surface area contributed by atoms with Gasteiger partial charge in [0.15, 0.2) is 10.4 Å². The van der Waals surface area contributed by atoms with E-state index < -0.39 is 0 Å². The standard InChI is InChI=1S/C11H7Br2N3S2/c12-6-3-8-10(14-4-6)16(11(17)15-8)5-7-1-2-9(13)18-7/h1-4H,5H2,(H,15,17). The molecule has 0 atom stereocenters. The number of nitrogens with zero attached hydrogens (tertiary/aromatic N) is 2. The van der Waals surface area contributed by atoms with E-state index in [1.54, 1.807) is 17.5 Å². The van der Waals surface area contributed by atoms with Crippen LogP contribution in [0.1, 0.15) is 4.88 Å². The van der Waals surface area contributed by atoms with Crippen LogP contribution in [0, 0.1) is 4.77 Å². The Bertz CT molecular complexity index is 772. The fourth-order valence-corrected chi connectivity index (χ4v) is 3.82. The highest BCUT2D eigenvalue weighted by Gasteiger charge is 2.08. The van der Waals surface area contributed by atoms with E-state index in [1.165, 1.54) is 4.88 Å². The van der Waals surface area contributed by atoms with Crippen LogP contribution in [0.2, 0.25) is 0 Å². The first-order valence-electron chi connectivity index (χ1n) is 5.12. The summed E-state index contributed by atoms with van der Waals surface area (Å²) in [5.74, 6) is 0. The first-order valence-corrected chi connectivity index (χ1v) is 7.93. The summed E-state index contributed by atoms with van der Waals surface area (Å²) in [6, 6.07) is 6.12. The van der Waals surface area contributed by atoms with Crippen molar-refractivity contribution in [2.24, 2.45) is 0 Å².